The van der Waals surface area contributed by atoms with E-state index in [1.54, 1.807) is 0 Å². The van der Waals surface area contributed by atoms with Crippen LogP contribution >= 0.6 is 15.9 Å². The number of rotatable bonds is 3. The van der Waals surface area contributed by atoms with Gasteiger partial charge in [-0.05, 0) is 37.6 Å². The largest absolute Gasteiger partial charge is 0.397 e. The third kappa shape index (κ3) is 2.85. The van der Waals surface area contributed by atoms with Crippen LogP contribution in [-0.4, -0.2) is 0 Å². The molecule has 0 spiro atoms. The average Bonchev–Trinajstić information content (AvgIpc) is 2.34. The van der Waals surface area contributed by atoms with Gasteiger partial charge in [-0.3, -0.25) is 0 Å². The summed E-state index contributed by atoms with van der Waals surface area (Å²) in [5.41, 5.74) is 8.77. The Bertz CT molecular complexity index is 535. The van der Waals surface area contributed by atoms with E-state index in [-0.39, 0.29) is 5.54 Å². The van der Waals surface area contributed by atoms with Crippen molar-refractivity contribution in [2.45, 2.75) is 19.4 Å². The van der Waals surface area contributed by atoms with Gasteiger partial charge < -0.3 is 11.1 Å². The molecule has 0 heterocycles. The number of benzene rings is 2. The fraction of sp³-hybridized carbons (Fsp3) is 0.200. The van der Waals surface area contributed by atoms with Crippen LogP contribution in [0.15, 0.2) is 53.0 Å². The number of anilines is 2. The normalized spacial score (nSPS) is 11.3. The molecule has 0 aromatic heterocycles. The summed E-state index contributed by atoms with van der Waals surface area (Å²) in [5.74, 6) is 0. The Morgan fingerprint density at radius 3 is 2.33 bits per heavy atom. The molecular formula is C15H17BrN2. The quantitative estimate of drug-likeness (QED) is 0.826. The van der Waals surface area contributed by atoms with E-state index in [1.165, 1.54) is 5.56 Å². The summed E-state index contributed by atoms with van der Waals surface area (Å²) in [6.45, 7) is 4.29. The Morgan fingerprint density at radius 1 is 1.06 bits per heavy atom. The monoisotopic (exact) mass is 304 g/mol. The Hall–Kier alpha value is -1.48. The lowest BCUT2D eigenvalue weighted by Crippen LogP contribution is -2.28. The highest BCUT2D eigenvalue weighted by molar-refractivity contribution is 9.10. The number of hydrogen-bond donors (Lipinski definition) is 2. The van der Waals surface area contributed by atoms with Gasteiger partial charge in [-0.25, -0.2) is 0 Å². The van der Waals surface area contributed by atoms with Gasteiger partial charge in [0.05, 0.1) is 16.9 Å². The molecule has 0 aliphatic rings. The zero-order chi connectivity index (χ0) is 13.2. The van der Waals surface area contributed by atoms with Gasteiger partial charge in [-0.1, -0.05) is 46.3 Å². The molecule has 2 nitrogen and oxygen atoms in total. The summed E-state index contributed by atoms with van der Waals surface area (Å²) in [6, 6.07) is 16.2. The van der Waals surface area contributed by atoms with Crippen LogP contribution in [0.1, 0.15) is 19.4 Å². The van der Waals surface area contributed by atoms with Crippen LogP contribution in [0.25, 0.3) is 0 Å². The first-order valence-electron chi connectivity index (χ1n) is 5.88. The summed E-state index contributed by atoms with van der Waals surface area (Å²) in [7, 11) is 0. The molecule has 0 amide bonds. The molecule has 0 atom stereocenters. The molecule has 2 rings (SSSR count). The summed E-state index contributed by atoms with van der Waals surface area (Å²) in [6.07, 6.45) is 0. The van der Waals surface area contributed by atoms with Crippen molar-refractivity contribution in [2.24, 2.45) is 0 Å². The molecule has 3 heteroatoms. The predicted octanol–water partition coefficient (Wildman–Crippen LogP) is 4.38. The number of nitrogen functional groups attached to an aromatic ring is 1. The Balaban J connectivity index is 2.28. The van der Waals surface area contributed by atoms with Gasteiger partial charge in [0, 0.05) is 4.47 Å². The lowest BCUT2D eigenvalue weighted by molar-refractivity contribution is 0.610. The zero-order valence-electron chi connectivity index (χ0n) is 10.6. The van der Waals surface area contributed by atoms with Gasteiger partial charge in [-0.2, -0.15) is 0 Å². The first-order chi connectivity index (χ1) is 8.49. The smallest absolute Gasteiger partial charge is 0.0581 e. The second-order valence-corrected chi connectivity index (χ2v) is 5.76. The van der Waals surface area contributed by atoms with Crippen LogP contribution in [-0.2, 0) is 5.54 Å². The number of nitrogens with two attached hydrogens (primary N) is 1. The molecule has 18 heavy (non-hydrogen) atoms. The molecular weight excluding hydrogens is 288 g/mol. The fourth-order valence-corrected chi connectivity index (χ4v) is 2.29. The van der Waals surface area contributed by atoms with Crippen molar-refractivity contribution in [3.05, 3.63) is 58.6 Å². The van der Waals surface area contributed by atoms with Crippen LogP contribution in [0.4, 0.5) is 11.4 Å². The van der Waals surface area contributed by atoms with E-state index in [4.69, 9.17) is 5.73 Å². The average molecular weight is 305 g/mol. The molecule has 0 aliphatic carbocycles. The van der Waals surface area contributed by atoms with Gasteiger partial charge >= 0.3 is 0 Å². The molecule has 2 aromatic carbocycles. The van der Waals surface area contributed by atoms with E-state index >= 15 is 0 Å². The lowest BCUT2D eigenvalue weighted by atomic mass is 9.94. The van der Waals surface area contributed by atoms with Gasteiger partial charge in [0.15, 0.2) is 0 Å². The SMILES string of the molecule is CC(C)(Nc1ccc(Br)cc1N)c1ccccc1. The summed E-state index contributed by atoms with van der Waals surface area (Å²) in [4.78, 5) is 0. The lowest BCUT2D eigenvalue weighted by Gasteiger charge is -2.29. The van der Waals surface area contributed by atoms with Gasteiger partial charge in [0.1, 0.15) is 0 Å². The Kier molecular flexibility index (Phi) is 3.62. The van der Waals surface area contributed by atoms with Gasteiger partial charge in [0.25, 0.3) is 0 Å². The molecule has 0 fully saturated rings. The van der Waals surface area contributed by atoms with E-state index in [9.17, 15) is 0 Å². The minimum Gasteiger partial charge on any atom is -0.397 e. The Morgan fingerprint density at radius 2 is 1.72 bits per heavy atom. The molecule has 3 N–H and O–H groups in total. The maximum atomic E-state index is 6.01. The minimum atomic E-state index is -0.163. The Labute approximate surface area is 116 Å². The second kappa shape index (κ2) is 5.02. The molecule has 94 valence electrons. The molecule has 0 radical (unpaired) electrons. The maximum Gasteiger partial charge on any atom is 0.0581 e. The predicted molar refractivity (Wildman–Crippen MR) is 81.6 cm³/mol. The summed E-state index contributed by atoms with van der Waals surface area (Å²) < 4.78 is 0.989. The topological polar surface area (TPSA) is 38.0 Å². The van der Waals surface area contributed by atoms with Crippen LogP contribution in [0.5, 0.6) is 0 Å². The summed E-state index contributed by atoms with van der Waals surface area (Å²) in [5, 5.41) is 3.48. The molecule has 2 aromatic rings. The van der Waals surface area contributed by atoms with Crippen molar-refractivity contribution in [3.8, 4) is 0 Å². The van der Waals surface area contributed by atoms with E-state index in [0.29, 0.717) is 0 Å². The van der Waals surface area contributed by atoms with Crippen molar-refractivity contribution >= 4 is 27.3 Å². The minimum absolute atomic E-state index is 0.163. The van der Waals surface area contributed by atoms with E-state index in [2.05, 4.69) is 47.2 Å². The van der Waals surface area contributed by atoms with Gasteiger partial charge in [-0.15, -0.1) is 0 Å². The molecule has 0 saturated carbocycles. The molecule has 0 unspecified atom stereocenters. The van der Waals surface area contributed by atoms with Crippen molar-refractivity contribution in [3.63, 3.8) is 0 Å². The molecule has 0 saturated heterocycles. The first-order valence-corrected chi connectivity index (χ1v) is 6.67. The van der Waals surface area contributed by atoms with Crippen molar-refractivity contribution < 1.29 is 0 Å². The maximum absolute atomic E-state index is 6.01. The van der Waals surface area contributed by atoms with E-state index in [0.717, 1.165) is 15.8 Å². The number of halogens is 1. The highest BCUT2D eigenvalue weighted by Gasteiger charge is 2.20. The summed E-state index contributed by atoms with van der Waals surface area (Å²) >= 11 is 3.41. The highest BCUT2D eigenvalue weighted by atomic mass is 79.9. The number of hydrogen-bond acceptors (Lipinski definition) is 2. The fourth-order valence-electron chi connectivity index (χ4n) is 1.91. The van der Waals surface area contributed by atoms with Crippen LogP contribution in [0, 0.1) is 0 Å². The van der Waals surface area contributed by atoms with Crippen molar-refractivity contribution in [1.82, 2.24) is 0 Å². The highest BCUT2D eigenvalue weighted by Crippen LogP contribution is 2.30. The zero-order valence-corrected chi connectivity index (χ0v) is 12.2. The van der Waals surface area contributed by atoms with Crippen LogP contribution < -0.4 is 11.1 Å². The third-order valence-electron chi connectivity index (χ3n) is 2.96. The van der Waals surface area contributed by atoms with Gasteiger partial charge in [0.2, 0.25) is 0 Å². The van der Waals surface area contributed by atoms with Crippen molar-refractivity contribution in [1.29, 1.82) is 0 Å². The molecule has 0 bridgehead atoms. The second-order valence-electron chi connectivity index (χ2n) is 4.85. The van der Waals surface area contributed by atoms with E-state index < -0.39 is 0 Å². The molecule has 0 aliphatic heterocycles. The van der Waals surface area contributed by atoms with Crippen LogP contribution in [0.2, 0.25) is 0 Å². The first kappa shape index (κ1) is 13.0. The third-order valence-corrected chi connectivity index (χ3v) is 3.45. The number of nitrogens with one attached hydrogen (secondary N) is 1. The standard InChI is InChI=1S/C15H17BrN2/c1-15(2,11-6-4-3-5-7-11)18-14-9-8-12(16)10-13(14)17/h3-10,18H,17H2,1-2H3. The van der Waals surface area contributed by atoms with Crippen LogP contribution in [0.3, 0.4) is 0 Å². The van der Waals surface area contributed by atoms with E-state index in [1.807, 2.05) is 36.4 Å². The van der Waals surface area contributed by atoms with Crippen molar-refractivity contribution in [2.75, 3.05) is 11.1 Å².